The third kappa shape index (κ3) is 1.93. The summed E-state index contributed by atoms with van der Waals surface area (Å²) in [5.74, 6) is 0.918. The zero-order valence-corrected chi connectivity index (χ0v) is 9.65. The monoisotopic (exact) mass is 221 g/mol. The summed E-state index contributed by atoms with van der Waals surface area (Å²) in [5, 5.41) is 9.52. The minimum Gasteiger partial charge on any atom is -0.508 e. The van der Waals surface area contributed by atoms with Crippen LogP contribution in [0, 0.1) is 5.92 Å². The molecule has 0 heterocycles. The number of rotatable bonds is 4. The lowest BCUT2D eigenvalue weighted by Gasteiger charge is -2.47. The Morgan fingerprint density at radius 3 is 2.81 bits per heavy atom. The zero-order chi connectivity index (χ0) is 11.6. The number of hydrogen-bond donors (Lipinski definition) is 2. The van der Waals surface area contributed by atoms with E-state index in [1.165, 1.54) is 5.56 Å². The highest BCUT2D eigenvalue weighted by molar-refractivity contribution is 5.35. The Morgan fingerprint density at radius 1 is 1.50 bits per heavy atom. The third-order valence-corrected chi connectivity index (χ3v) is 3.57. The van der Waals surface area contributed by atoms with Gasteiger partial charge in [-0.3, -0.25) is 0 Å². The molecule has 88 valence electrons. The molecule has 3 N–H and O–H groups in total. The molecule has 0 spiro atoms. The van der Waals surface area contributed by atoms with E-state index in [-0.39, 0.29) is 5.41 Å². The van der Waals surface area contributed by atoms with Crippen LogP contribution in [-0.4, -0.2) is 25.4 Å². The van der Waals surface area contributed by atoms with Gasteiger partial charge in [0, 0.05) is 12.5 Å². The lowest BCUT2D eigenvalue weighted by molar-refractivity contribution is 0.0422. The van der Waals surface area contributed by atoms with E-state index < -0.39 is 0 Å². The topological polar surface area (TPSA) is 55.5 Å². The van der Waals surface area contributed by atoms with Crippen LogP contribution < -0.4 is 5.73 Å². The second-order valence-electron chi connectivity index (χ2n) is 4.77. The largest absolute Gasteiger partial charge is 0.508 e. The summed E-state index contributed by atoms with van der Waals surface area (Å²) < 4.78 is 5.31. The maximum atomic E-state index is 9.52. The van der Waals surface area contributed by atoms with Crippen molar-refractivity contribution >= 4 is 0 Å². The summed E-state index contributed by atoms with van der Waals surface area (Å²) in [6.45, 7) is 1.44. The molecule has 2 rings (SSSR count). The van der Waals surface area contributed by atoms with E-state index in [4.69, 9.17) is 10.5 Å². The Hall–Kier alpha value is -1.06. The van der Waals surface area contributed by atoms with Crippen molar-refractivity contribution < 1.29 is 9.84 Å². The van der Waals surface area contributed by atoms with Gasteiger partial charge in [0.25, 0.3) is 0 Å². The minimum absolute atomic E-state index is 0.0670. The molecule has 1 aliphatic carbocycles. The van der Waals surface area contributed by atoms with Gasteiger partial charge in [0.15, 0.2) is 0 Å². The number of methoxy groups -OCH3 is 1. The molecule has 1 aromatic carbocycles. The smallest absolute Gasteiger partial charge is 0.115 e. The van der Waals surface area contributed by atoms with Crippen molar-refractivity contribution in [3.05, 3.63) is 29.8 Å². The number of benzene rings is 1. The standard InChI is InChI=1S/C13H19NO2/c1-16-9-13(6-10(7-13)8-14)11-3-2-4-12(15)5-11/h2-5,10,15H,6-9,14H2,1H3. The van der Waals surface area contributed by atoms with Gasteiger partial charge in [-0.05, 0) is 43.0 Å². The first-order valence-electron chi connectivity index (χ1n) is 5.69. The van der Waals surface area contributed by atoms with E-state index >= 15 is 0 Å². The van der Waals surface area contributed by atoms with Crippen LogP contribution in [0.15, 0.2) is 24.3 Å². The third-order valence-electron chi connectivity index (χ3n) is 3.57. The molecule has 0 bridgehead atoms. The summed E-state index contributed by atoms with van der Waals surface area (Å²) >= 11 is 0. The van der Waals surface area contributed by atoms with Gasteiger partial charge in [0.1, 0.15) is 5.75 Å². The van der Waals surface area contributed by atoms with Crippen molar-refractivity contribution in [1.82, 2.24) is 0 Å². The number of phenols is 1. The predicted octanol–water partition coefficient (Wildman–Crippen LogP) is 1.65. The Labute approximate surface area is 96.2 Å². The van der Waals surface area contributed by atoms with Crippen LogP contribution in [0.3, 0.4) is 0 Å². The van der Waals surface area contributed by atoms with E-state index in [2.05, 4.69) is 6.07 Å². The second kappa shape index (κ2) is 4.44. The van der Waals surface area contributed by atoms with Gasteiger partial charge >= 0.3 is 0 Å². The first-order valence-corrected chi connectivity index (χ1v) is 5.69. The summed E-state index contributed by atoms with van der Waals surface area (Å²) in [6, 6.07) is 7.48. The lowest BCUT2D eigenvalue weighted by atomic mass is 9.59. The van der Waals surface area contributed by atoms with Crippen LogP contribution in [0.1, 0.15) is 18.4 Å². The highest BCUT2D eigenvalue weighted by Gasteiger charge is 2.44. The van der Waals surface area contributed by atoms with Crippen molar-refractivity contribution in [3.8, 4) is 5.75 Å². The van der Waals surface area contributed by atoms with E-state index in [1.54, 1.807) is 13.2 Å². The molecule has 3 nitrogen and oxygen atoms in total. The van der Waals surface area contributed by atoms with Crippen LogP contribution >= 0.6 is 0 Å². The number of aromatic hydroxyl groups is 1. The molecule has 0 radical (unpaired) electrons. The van der Waals surface area contributed by atoms with E-state index in [1.807, 2.05) is 12.1 Å². The van der Waals surface area contributed by atoms with Crippen molar-refractivity contribution in [3.63, 3.8) is 0 Å². The predicted molar refractivity (Wildman–Crippen MR) is 63.4 cm³/mol. The number of ether oxygens (including phenoxy) is 1. The fourth-order valence-corrected chi connectivity index (χ4v) is 2.76. The van der Waals surface area contributed by atoms with Crippen LogP contribution in [0.5, 0.6) is 5.75 Å². The highest BCUT2D eigenvalue weighted by atomic mass is 16.5. The summed E-state index contributed by atoms with van der Waals surface area (Å²) in [5.41, 5.74) is 6.90. The average Bonchev–Trinajstić information content (AvgIpc) is 2.23. The Bertz CT molecular complexity index is 359. The molecule has 0 aliphatic heterocycles. The molecule has 0 unspecified atom stereocenters. The van der Waals surface area contributed by atoms with Crippen molar-refractivity contribution in [2.45, 2.75) is 18.3 Å². The van der Waals surface area contributed by atoms with Gasteiger partial charge in [-0.2, -0.15) is 0 Å². The van der Waals surface area contributed by atoms with Crippen molar-refractivity contribution in [2.75, 3.05) is 20.3 Å². The summed E-state index contributed by atoms with van der Waals surface area (Å²) in [6.07, 6.45) is 2.11. The minimum atomic E-state index is 0.0670. The van der Waals surface area contributed by atoms with Gasteiger partial charge in [-0.1, -0.05) is 12.1 Å². The van der Waals surface area contributed by atoms with Gasteiger partial charge in [-0.15, -0.1) is 0 Å². The van der Waals surface area contributed by atoms with Crippen LogP contribution in [0.2, 0.25) is 0 Å². The normalized spacial score (nSPS) is 28.8. The fourth-order valence-electron chi connectivity index (χ4n) is 2.76. The van der Waals surface area contributed by atoms with Crippen LogP contribution in [0.25, 0.3) is 0 Å². The molecule has 0 saturated heterocycles. The number of hydrogen-bond acceptors (Lipinski definition) is 3. The molecule has 1 aliphatic rings. The zero-order valence-electron chi connectivity index (χ0n) is 9.65. The molecule has 0 aromatic heterocycles. The molecule has 0 amide bonds. The maximum Gasteiger partial charge on any atom is 0.115 e. The molecular weight excluding hydrogens is 202 g/mol. The van der Waals surface area contributed by atoms with Gasteiger partial charge in [-0.25, -0.2) is 0 Å². The van der Waals surface area contributed by atoms with Crippen molar-refractivity contribution in [1.29, 1.82) is 0 Å². The fraction of sp³-hybridized carbons (Fsp3) is 0.538. The Kier molecular flexibility index (Phi) is 3.17. The maximum absolute atomic E-state index is 9.52. The quantitative estimate of drug-likeness (QED) is 0.812. The van der Waals surface area contributed by atoms with Crippen LogP contribution in [-0.2, 0) is 10.2 Å². The first kappa shape index (κ1) is 11.4. The molecule has 3 heteroatoms. The molecule has 1 fully saturated rings. The van der Waals surface area contributed by atoms with E-state index in [0.717, 1.165) is 19.4 Å². The molecule has 1 aromatic rings. The molecular formula is C13H19NO2. The van der Waals surface area contributed by atoms with Gasteiger partial charge in [0.2, 0.25) is 0 Å². The van der Waals surface area contributed by atoms with Crippen molar-refractivity contribution in [2.24, 2.45) is 11.7 Å². The molecule has 16 heavy (non-hydrogen) atoms. The Balaban J connectivity index is 2.21. The van der Waals surface area contributed by atoms with E-state index in [9.17, 15) is 5.11 Å². The number of phenolic OH excluding ortho intramolecular Hbond substituents is 1. The van der Waals surface area contributed by atoms with E-state index in [0.29, 0.717) is 18.3 Å². The summed E-state index contributed by atoms with van der Waals surface area (Å²) in [4.78, 5) is 0. The SMILES string of the molecule is COCC1(c2cccc(O)c2)CC(CN)C1. The van der Waals surface area contributed by atoms with Gasteiger partial charge in [0.05, 0.1) is 6.61 Å². The number of nitrogens with two attached hydrogens (primary N) is 1. The van der Waals surface area contributed by atoms with Crippen LogP contribution in [0.4, 0.5) is 0 Å². The average molecular weight is 221 g/mol. The second-order valence-corrected chi connectivity index (χ2v) is 4.77. The molecule has 0 atom stereocenters. The lowest BCUT2D eigenvalue weighted by Crippen LogP contribution is -2.47. The van der Waals surface area contributed by atoms with Gasteiger partial charge < -0.3 is 15.6 Å². The molecule has 1 saturated carbocycles. The Morgan fingerprint density at radius 2 is 2.25 bits per heavy atom. The first-order chi connectivity index (χ1) is 7.70. The highest BCUT2D eigenvalue weighted by Crippen LogP contribution is 2.48. The summed E-state index contributed by atoms with van der Waals surface area (Å²) in [7, 11) is 1.72.